The van der Waals surface area contributed by atoms with Crippen LogP contribution in [0.3, 0.4) is 0 Å². The Kier molecular flexibility index (Phi) is 3.91. The van der Waals surface area contributed by atoms with Gasteiger partial charge >= 0.3 is 6.18 Å². The van der Waals surface area contributed by atoms with Gasteiger partial charge in [0, 0.05) is 25.4 Å². The van der Waals surface area contributed by atoms with Gasteiger partial charge in [-0.2, -0.15) is 13.2 Å². The van der Waals surface area contributed by atoms with Gasteiger partial charge in [0.15, 0.2) is 0 Å². The lowest BCUT2D eigenvalue weighted by Gasteiger charge is -2.26. The molecule has 2 saturated carbocycles. The molecule has 1 aromatic heterocycles. The first-order valence-electron chi connectivity index (χ1n) is 7.65. The van der Waals surface area contributed by atoms with Crippen molar-refractivity contribution in [1.82, 2.24) is 14.5 Å². The highest BCUT2D eigenvalue weighted by Crippen LogP contribution is 2.48. The number of carbonyl (C=O) groups excluding carboxylic acids is 1. The van der Waals surface area contributed by atoms with E-state index in [0.717, 1.165) is 23.8 Å². The first kappa shape index (κ1) is 15.4. The first-order valence-corrected chi connectivity index (χ1v) is 7.65. The number of rotatable bonds is 4. The molecule has 1 amide bonds. The quantitative estimate of drug-likeness (QED) is 0.857. The molecule has 0 N–H and O–H groups in total. The molecule has 2 fully saturated rings. The fourth-order valence-electron chi connectivity index (χ4n) is 3.95. The van der Waals surface area contributed by atoms with Gasteiger partial charge in [0.2, 0.25) is 5.91 Å². The van der Waals surface area contributed by atoms with Crippen molar-refractivity contribution in [2.45, 2.75) is 44.9 Å². The van der Waals surface area contributed by atoms with Crippen LogP contribution >= 0.6 is 0 Å². The fraction of sp³-hybridized carbons (Fsp3) is 0.733. The average Bonchev–Trinajstić information content (AvgIpc) is 3.13. The lowest BCUT2D eigenvalue weighted by molar-refractivity contribution is -0.141. The van der Waals surface area contributed by atoms with Crippen molar-refractivity contribution < 1.29 is 18.0 Å². The molecular formula is C15H20F3N3O. The largest absolute Gasteiger partial charge is 0.406 e. The molecule has 2 bridgehead atoms. The van der Waals surface area contributed by atoms with Gasteiger partial charge in [0.05, 0.1) is 6.54 Å². The third-order valence-electron chi connectivity index (χ3n) is 4.96. The van der Waals surface area contributed by atoms with Crippen molar-refractivity contribution in [1.29, 1.82) is 0 Å². The number of hydrogen-bond acceptors (Lipinski definition) is 2. The molecule has 0 unspecified atom stereocenters. The minimum absolute atomic E-state index is 0.0498. The van der Waals surface area contributed by atoms with E-state index in [9.17, 15) is 18.0 Å². The minimum atomic E-state index is -4.29. The molecule has 1 aromatic rings. The summed E-state index contributed by atoms with van der Waals surface area (Å²) in [5, 5.41) is 0. The molecule has 2 aliphatic carbocycles. The Hall–Kier alpha value is -1.53. The van der Waals surface area contributed by atoms with Crippen LogP contribution in [0.15, 0.2) is 12.4 Å². The van der Waals surface area contributed by atoms with Crippen LogP contribution in [0, 0.1) is 17.8 Å². The molecule has 3 rings (SSSR count). The minimum Gasteiger partial charge on any atom is -0.338 e. The van der Waals surface area contributed by atoms with E-state index in [1.54, 1.807) is 7.05 Å². The SMILES string of the molecule is CN(Cc1nccn1CC(F)(F)F)C(=O)[C@@H]1C[C@H]2CC[C@H]1C2. The third-order valence-corrected chi connectivity index (χ3v) is 4.96. The number of hydrogen-bond donors (Lipinski definition) is 0. The number of halogens is 3. The fourth-order valence-corrected chi connectivity index (χ4v) is 3.95. The van der Waals surface area contributed by atoms with E-state index < -0.39 is 12.7 Å². The Bertz CT molecular complexity index is 554. The zero-order valence-electron chi connectivity index (χ0n) is 12.5. The lowest BCUT2D eigenvalue weighted by atomic mass is 9.88. The summed E-state index contributed by atoms with van der Waals surface area (Å²) < 4.78 is 38.6. The van der Waals surface area contributed by atoms with E-state index in [1.807, 2.05) is 0 Å². The van der Waals surface area contributed by atoms with Crippen LogP contribution in [-0.2, 0) is 17.9 Å². The Morgan fingerprint density at radius 1 is 1.41 bits per heavy atom. The van der Waals surface area contributed by atoms with Crippen LogP contribution in [0.2, 0.25) is 0 Å². The van der Waals surface area contributed by atoms with Crippen LogP contribution in [0.5, 0.6) is 0 Å². The van der Waals surface area contributed by atoms with Gasteiger partial charge < -0.3 is 9.47 Å². The summed E-state index contributed by atoms with van der Waals surface area (Å²) in [5.41, 5.74) is 0. The van der Waals surface area contributed by atoms with Crippen molar-refractivity contribution in [2.24, 2.45) is 17.8 Å². The van der Waals surface area contributed by atoms with Crippen molar-refractivity contribution in [3.05, 3.63) is 18.2 Å². The number of imidazole rings is 1. The molecule has 122 valence electrons. The number of carbonyl (C=O) groups is 1. The number of aromatic nitrogens is 2. The summed E-state index contributed by atoms with van der Waals surface area (Å²) in [4.78, 5) is 18.0. The summed E-state index contributed by atoms with van der Waals surface area (Å²) in [7, 11) is 1.65. The zero-order chi connectivity index (χ0) is 15.9. The van der Waals surface area contributed by atoms with E-state index in [2.05, 4.69) is 4.98 Å². The molecule has 0 aromatic carbocycles. The second-order valence-electron chi connectivity index (χ2n) is 6.56. The van der Waals surface area contributed by atoms with Crippen molar-refractivity contribution in [3.63, 3.8) is 0 Å². The number of alkyl halides is 3. The van der Waals surface area contributed by atoms with Crippen LogP contribution in [0.25, 0.3) is 0 Å². The molecule has 1 heterocycles. The van der Waals surface area contributed by atoms with Crippen LogP contribution in [0.4, 0.5) is 13.2 Å². The number of nitrogens with zero attached hydrogens (tertiary/aromatic N) is 3. The van der Waals surface area contributed by atoms with Gasteiger partial charge in [0.1, 0.15) is 12.4 Å². The smallest absolute Gasteiger partial charge is 0.338 e. The summed E-state index contributed by atoms with van der Waals surface area (Å²) in [6, 6.07) is 0. The summed E-state index contributed by atoms with van der Waals surface area (Å²) in [5.74, 6) is 1.51. The van der Waals surface area contributed by atoms with Gasteiger partial charge in [-0.1, -0.05) is 6.42 Å². The number of fused-ring (bicyclic) bond motifs is 2. The highest BCUT2D eigenvalue weighted by atomic mass is 19.4. The molecule has 0 spiro atoms. The van der Waals surface area contributed by atoms with Gasteiger partial charge in [-0.3, -0.25) is 4.79 Å². The Balaban J connectivity index is 1.63. The normalized spacial score (nSPS) is 27.4. The van der Waals surface area contributed by atoms with Crippen LogP contribution in [-0.4, -0.2) is 33.6 Å². The van der Waals surface area contributed by atoms with E-state index in [-0.39, 0.29) is 24.2 Å². The summed E-state index contributed by atoms with van der Waals surface area (Å²) >= 11 is 0. The maximum atomic E-state index is 12.5. The first-order chi connectivity index (χ1) is 10.3. The predicted molar refractivity (Wildman–Crippen MR) is 73.7 cm³/mol. The lowest BCUT2D eigenvalue weighted by Crippen LogP contribution is -2.36. The molecule has 0 saturated heterocycles. The average molecular weight is 315 g/mol. The molecule has 4 nitrogen and oxygen atoms in total. The van der Waals surface area contributed by atoms with Gasteiger partial charge in [0.25, 0.3) is 0 Å². The topological polar surface area (TPSA) is 38.1 Å². The van der Waals surface area contributed by atoms with Crippen LogP contribution < -0.4 is 0 Å². The molecule has 0 aliphatic heterocycles. The van der Waals surface area contributed by atoms with Crippen molar-refractivity contribution >= 4 is 5.91 Å². The summed E-state index contributed by atoms with van der Waals surface area (Å²) in [6.45, 7) is -0.950. The standard InChI is InChI=1S/C15H20F3N3O/c1-20(14(22)12-7-10-2-3-11(12)6-10)8-13-19-4-5-21(13)9-15(16,17)18/h4-5,10-12H,2-3,6-9H2,1H3/t10-,11-,12+/m0/s1. The monoisotopic (exact) mass is 315 g/mol. The molecule has 0 radical (unpaired) electrons. The van der Waals surface area contributed by atoms with E-state index in [4.69, 9.17) is 0 Å². The molecule has 3 atom stereocenters. The number of amides is 1. The molecular weight excluding hydrogens is 295 g/mol. The molecule has 2 aliphatic rings. The van der Waals surface area contributed by atoms with Gasteiger partial charge in [-0.05, 0) is 31.1 Å². The van der Waals surface area contributed by atoms with Crippen molar-refractivity contribution in [2.75, 3.05) is 7.05 Å². The highest BCUT2D eigenvalue weighted by Gasteiger charge is 2.44. The summed E-state index contributed by atoms with van der Waals surface area (Å²) in [6.07, 6.45) is 2.75. The Morgan fingerprint density at radius 2 is 2.18 bits per heavy atom. The maximum absolute atomic E-state index is 12.5. The Morgan fingerprint density at radius 3 is 2.77 bits per heavy atom. The maximum Gasteiger partial charge on any atom is 0.406 e. The molecule has 22 heavy (non-hydrogen) atoms. The second kappa shape index (κ2) is 5.59. The van der Waals surface area contributed by atoms with Crippen molar-refractivity contribution in [3.8, 4) is 0 Å². The predicted octanol–water partition coefficient (Wildman–Crippen LogP) is 2.84. The van der Waals surface area contributed by atoms with E-state index in [0.29, 0.717) is 11.8 Å². The zero-order valence-corrected chi connectivity index (χ0v) is 12.5. The molecule has 7 heteroatoms. The van der Waals surface area contributed by atoms with E-state index in [1.165, 1.54) is 23.7 Å². The van der Waals surface area contributed by atoms with Crippen LogP contribution in [0.1, 0.15) is 31.5 Å². The Labute approximate surface area is 127 Å². The second-order valence-corrected chi connectivity index (χ2v) is 6.56. The third kappa shape index (κ3) is 3.13. The van der Waals surface area contributed by atoms with E-state index >= 15 is 0 Å². The highest BCUT2D eigenvalue weighted by molar-refractivity contribution is 5.79. The van der Waals surface area contributed by atoms with Gasteiger partial charge in [-0.15, -0.1) is 0 Å². The van der Waals surface area contributed by atoms with Gasteiger partial charge in [-0.25, -0.2) is 4.98 Å².